The Morgan fingerprint density at radius 2 is 1.89 bits per heavy atom. The predicted molar refractivity (Wildman–Crippen MR) is 110 cm³/mol. The monoisotopic (exact) mass is 405 g/mol. The zero-order chi connectivity index (χ0) is 20.1. The maximum atomic E-state index is 14.0. The minimum atomic E-state index is -0.225. The van der Waals surface area contributed by atoms with Gasteiger partial charge in [-0.1, -0.05) is 23.7 Å². The van der Waals surface area contributed by atoms with Gasteiger partial charge in [0.05, 0.1) is 19.3 Å². The second-order valence-corrected chi connectivity index (χ2v) is 7.38. The summed E-state index contributed by atoms with van der Waals surface area (Å²) < 4.78 is 19.3. The molecule has 150 valence electrons. The maximum absolute atomic E-state index is 14.0. The van der Waals surface area contributed by atoms with Gasteiger partial charge >= 0.3 is 0 Å². The Labute approximate surface area is 170 Å². The molecule has 1 aliphatic rings. The first kappa shape index (κ1) is 20.4. The Bertz CT molecular complexity index is 825. The lowest BCUT2D eigenvalue weighted by atomic mass is 10.2. The Hall–Kier alpha value is -2.31. The Balaban J connectivity index is 1.53. The summed E-state index contributed by atoms with van der Waals surface area (Å²) in [6.07, 6.45) is 0. The van der Waals surface area contributed by atoms with E-state index in [1.807, 2.05) is 39.9 Å². The van der Waals surface area contributed by atoms with Gasteiger partial charge in [-0.3, -0.25) is 9.69 Å². The first-order valence-corrected chi connectivity index (χ1v) is 9.64. The number of carbonyl (C=O) groups is 1. The number of methoxy groups -OCH3 is 1. The molecule has 2 aromatic carbocycles. The van der Waals surface area contributed by atoms with Crippen molar-refractivity contribution in [3.8, 4) is 5.75 Å². The standard InChI is InChI=1S/C21H25ClFN3O2/c1-24(14-16-13-17(22)7-8-20(16)28-2)15-21(27)26-11-9-25(10-12-26)19-6-4-3-5-18(19)23/h3-8,13H,9-12,14-15H2,1-2H3. The van der Waals surface area contributed by atoms with Gasteiger partial charge < -0.3 is 14.5 Å². The summed E-state index contributed by atoms with van der Waals surface area (Å²) in [5, 5.41) is 0.639. The fraction of sp³-hybridized carbons (Fsp3) is 0.381. The summed E-state index contributed by atoms with van der Waals surface area (Å²) in [4.78, 5) is 18.4. The second kappa shape index (κ2) is 9.26. The van der Waals surface area contributed by atoms with Gasteiger partial charge in [0.15, 0.2) is 0 Å². The normalized spacial score (nSPS) is 14.5. The number of piperazine rings is 1. The van der Waals surface area contributed by atoms with Crippen LogP contribution in [-0.2, 0) is 11.3 Å². The lowest BCUT2D eigenvalue weighted by molar-refractivity contribution is -0.132. The molecule has 1 aliphatic heterocycles. The largest absolute Gasteiger partial charge is 0.496 e. The number of nitrogens with zero attached hydrogens (tertiary/aromatic N) is 3. The van der Waals surface area contributed by atoms with Crippen LogP contribution in [0, 0.1) is 5.82 Å². The fourth-order valence-electron chi connectivity index (χ4n) is 3.45. The van der Waals surface area contributed by atoms with E-state index in [9.17, 15) is 9.18 Å². The van der Waals surface area contributed by atoms with Crippen LogP contribution in [0.2, 0.25) is 5.02 Å². The molecular formula is C21H25ClFN3O2. The molecule has 1 fully saturated rings. The lowest BCUT2D eigenvalue weighted by Crippen LogP contribution is -2.51. The van der Waals surface area contributed by atoms with Crippen LogP contribution in [0.25, 0.3) is 0 Å². The molecule has 7 heteroatoms. The van der Waals surface area contributed by atoms with E-state index in [4.69, 9.17) is 16.3 Å². The summed E-state index contributed by atoms with van der Waals surface area (Å²) in [6, 6.07) is 12.2. The number of amides is 1. The van der Waals surface area contributed by atoms with Crippen molar-refractivity contribution in [2.24, 2.45) is 0 Å². The highest BCUT2D eigenvalue weighted by Crippen LogP contribution is 2.24. The molecule has 2 aromatic rings. The van der Waals surface area contributed by atoms with Crippen LogP contribution in [0.1, 0.15) is 5.56 Å². The van der Waals surface area contributed by atoms with Crippen molar-refractivity contribution in [1.29, 1.82) is 0 Å². The van der Waals surface area contributed by atoms with E-state index in [-0.39, 0.29) is 11.7 Å². The van der Waals surface area contributed by atoms with Gasteiger partial charge in [0, 0.05) is 43.3 Å². The zero-order valence-electron chi connectivity index (χ0n) is 16.2. The van der Waals surface area contributed by atoms with E-state index < -0.39 is 0 Å². The van der Waals surface area contributed by atoms with Crippen LogP contribution in [-0.4, -0.2) is 62.6 Å². The van der Waals surface area contributed by atoms with Gasteiger partial charge in [0.1, 0.15) is 11.6 Å². The summed E-state index contributed by atoms with van der Waals surface area (Å²) >= 11 is 6.08. The summed E-state index contributed by atoms with van der Waals surface area (Å²) in [7, 11) is 3.51. The highest BCUT2D eigenvalue weighted by molar-refractivity contribution is 6.30. The minimum absolute atomic E-state index is 0.0664. The van der Waals surface area contributed by atoms with E-state index in [1.165, 1.54) is 6.07 Å². The number of para-hydroxylation sites is 1. The number of likely N-dealkylation sites (N-methyl/N-ethyl adjacent to an activating group) is 1. The highest BCUT2D eigenvalue weighted by Gasteiger charge is 2.23. The Morgan fingerprint density at radius 1 is 1.18 bits per heavy atom. The highest BCUT2D eigenvalue weighted by atomic mass is 35.5. The quantitative estimate of drug-likeness (QED) is 0.739. The fourth-order valence-corrected chi connectivity index (χ4v) is 3.65. The van der Waals surface area contributed by atoms with Crippen molar-refractivity contribution in [3.63, 3.8) is 0 Å². The van der Waals surface area contributed by atoms with E-state index in [1.54, 1.807) is 25.3 Å². The van der Waals surface area contributed by atoms with Crippen molar-refractivity contribution >= 4 is 23.2 Å². The van der Waals surface area contributed by atoms with Gasteiger partial charge in [-0.05, 0) is 37.4 Å². The Kier molecular flexibility index (Phi) is 6.75. The van der Waals surface area contributed by atoms with E-state index in [0.717, 1.165) is 11.3 Å². The smallest absolute Gasteiger partial charge is 0.236 e. The second-order valence-electron chi connectivity index (χ2n) is 6.95. The number of halogens is 2. The molecule has 5 nitrogen and oxygen atoms in total. The molecule has 1 amide bonds. The molecule has 0 aliphatic carbocycles. The summed E-state index contributed by atoms with van der Waals surface area (Å²) in [5.41, 5.74) is 1.54. The van der Waals surface area contributed by atoms with Gasteiger partial charge in [-0.15, -0.1) is 0 Å². The molecule has 3 rings (SSSR count). The van der Waals surface area contributed by atoms with E-state index in [2.05, 4.69) is 0 Å². The summed E-state index contributed by atoms with van der Waals surface area (Å²) in [5.74, 6) is 0.594. The maximum Gasteiger partial charge on any atom is 0.236 e. The molecular weight excluding hydrogens is 381 g/mol. The van der Waals surface area contributed by atoms with Gasteiger partial charge in [0.25, 0.3) is 0 Å². The average molecular weight is 406 g/mol. The van der Waals surface area contributed by atoms with Gasteiger partial charge in [0.2, 0.25) is 5.91 Å². The number of ether oxygens (including phenoxy) is 1. The molecule has 0 radical (unpaired) electrons. The first-order valence-electron chi connectivity index (χ1n) is 9.26. The third-order valence-corrected chi connectivity index (χ3v) is 5.15. The van der Waals surface area contributed by atoms with Crippen LogP contribution >= 0.6 is 11.6 Å². The van der Waals surface area contributed by atoms with Crippen LogP contribution in [0.3, 0.4) is 0 Å². The molecule has 0 aromatic heterocycles. The zero-order valence-corrected chi connectivity index (χ0v) is 17.0. The van der Waals surface area contributed by atoms with Crippen molar-refractivity contribution in [1.82, 2.24) is 9.80 Å². The molecule has 1 saturated heterocycles. The molecule has 0 N–H and O–H groups in total. The SMILES string of the molecule is COc1ccc(Cl)cc1CN(C)CC(=O)N1CCN(c2ccccc2F)CC1. The lowest BCUT2D eigenvalue weighted by Gasteiger charge is -2.36. The molecule has 0 unspecified atom stereocenters. The van der Waals surface area contributed by atoms with Crippen LogP contribution < -0.4 is 9.64 Å². The van der Waals surface area contributed by atoms with Crippen molar-refractivity contribution in [2.45, 2.75) is 6.54 Å². The molecule has 28 heavy (non-hydrogen) atoms. The van der Waals surface area contributed by atoms with Crippen molar-refractivity contribution in [2.75, 3.05) is 51.8 Å². The topological polar surface area (TPSA) is 36.0 Å². The van der Waals surface area contributed by atoms with Gasteiger partial charge in [-0.25, -0.2) is 4.39 Å². The van der Waals surface area contributed by atoms with Gasteiger partial charge in [-0.2, -0.15) is 0 Å². The van der Waals surface area contributed by atoms with Crippen molar-refractivity contribution in [3.05, 3.63) is 58.9 Å². The molecule has 1 heterocycles. The van der Waals surface area contributed by atoms with Crippen molar-refractivity contribution < 1.29 is 13.9 Å². The average Bonchev–Trinajstić information content (AvgIpc) is 2.68. The number of hydrogen-bond acceptors (Lipinski definition) is 4. The number of rotatable bonds is 6. The van der Waals surface area contributed by atoms with Crippen LogP contribution in [0.4, 0.5) is 10.1 Å². The van der Waals surface area contributed by atoms with Crippen LogP contribution in [0.15, 0.2) is 42.5 Å². The molecule has 0 atom stereocenters. The molecule has 0 bridgehead atoms. The number of benzene rings is 2. The van der Waals surface area contributed by atoms with E-state index in [0.29, 0.717) is 50.0 Å². The van der Waals surface area contributed by atoms with Crippen LogP contribution in [0.5, 0.6) is 5.75 Å². The number of hydrogen-bond donors (Lipinski definition) is 0. The Morgan fingerprint density at radius 3 is 2.57 bits per heavy atom. The van der Waals surface area contributed by atoms with E-state index >= 15 is 0 Å². The first-order chi connectivity index (χ1) is 13.5. The number of carbonyl (C=O) groups excluding carboxylic acids is 1. The molecule has 0 saturated carbocycles. The third kappa shape index (κ3) is 4.94. The molecule has 0 spiro atoms. The summed E-state index contributed by atoms with van der Waals surface area (Å²) in [6.45, 7) is 3.28. The number of anilines is 1. The third-order valence-electron chi connectivity index (χ3n) is 4.91. The predicted octanol–water partition coefficient (Wildman–Crippen LogP) is 3.27. The minimum Gasteiger partial charge on any atom is -0.496 e.